The molecule has 0 unspecified atom stereocenters. The molecule has 102 valence electrons. The molecule has 0 aliphatic rings. The molecule has 2 aromatic rings. The fourth-order valence-corrected chi connectivity index (χ4v) is 2.37. The molecule has 0 atom stereocenters. The maximum absolute atomic E-state index is 9.36. The second kappa shape index (κ2) is 6.16. The zero-order valence-corrected chi connectivity index (χ0v) is 12.4. The highest BCUT2D eigenvalue weighted by Gasteiger charge is 2.11. The summed E-state index contributed by atoms with van der Waals surface area (Å²) in [6, 6.07) is 3.76. The Hall–Kier alpha value is -1.40. The van der Waals surface area contributed by atoms with Gasteiger partial charge in [-0.25, -0.2) is 0 Å². The van der Waals surface area contributed by atoms with Crippen LogP contribution in [0.25, 0.3) is 0 Å². The van der Waals surface area contributed by atoms with Gasteiger partial charge >= 0.3 is 0 Å². The molecule has 6 heteroatoms. The summed E-state index contributed by atoms with van der Waals surface area (Å²) in [5, 5.41) is 13.2. The normalized spacial score (nSPS) is 10.7. The van der Waals surface area contributed by atoms with Crippen LogP contribution in [0.2, 0.25) is 0 Å². The van der Waals surface area contributed by atoms with Gasteiger partial charge in [0.1, 0.15) is 5.75 Å². The highest BCUT2D eigenvalue weighted by Crippen LogP contribution is 2.28. The van der Waals surface area contributed by atoms with E-state index in [1.165, 1.54) is 0 Å². The van der Waals surface area contributed by atoms with Crippen molar-refractivity contribution in [1.29, 1.82) is 0 Å². The minimum Gasteiger partial charge on any atom is -0.485 e. The first kappa shape index (κ1) is 14.0. The van der Waals surface area contributed by atoms with Gasteiger partial charge in [-0.3, -0.25) is 0 Å². The van der Waals surface area contributed by atoms with Gasteiger partial charge in [0, 0.05) is 16.5 Å². The summed E-state index contributed by atoms with van der Waals surface area (Å²) in [5.74, 6) is 1.75. The summed E-state index contributed by atoms with van der Waals surface area (Å²) in [7, 11) is 0. The van der Waals surface area contributed by atoms with Crippen LogP contribution in [-0.2, 0) is 19.6 Å². The molecule has 19 heavy (non-hydrogen) atoms. The van der Waals surface area contributed by atoms with Gasteiger partial charge in [0.15, 0.2) is 6.61 Å². The van der Waals surface area contributed by atoms with E-state index in [9.17, 15) is 5.11 Å². The van der Waals surface area contributed by atoms with Gasteiger partial charge in [-0.15, -0.1) is 0 Å². The standard InChI is InChI=1S/C13H15BrN2O3/c1-3-12-15-11(16-19-12)7-18-13-8(2)4-10(14)5-9(13)6-17/h4-5,17H,3,6-7H2,1-2H3. The van der Waals surface area contributed by atoms with Crippen molar-refractivity contribution in [3.05, 3.63) is 39.4 Å². The van der Waals surface area contributed by atoms with Crippen molar-refractivity contribution in [3.8, 4) is 5.75 Å². The molecule has 0 spiro atoms. The van der Waals surface area contributed by atoms with E-state index in [2.05, 4.69) is 26.1 Å². The Morgan fingerprint density at radius 2 is 2.21 bits per heavy atom. The number of hydrogen-bond donors (Lipinski definition) is 1. The lowest BCUT2D eigenvalue weighted by molar-refractivity contribution is 0.251. The highest BCUT2D eigenvalue weighted by atomic mass is 79.9. The van der Waals surface area contributed by atoms with Crippen LogP contribution >= 0.6 is 15.9 Å². The first-order chi connectivity index (χ1) is 9.13. The van der Waals surface area contributed by atoms with E-state index in [4.69, 9.17) is 9.26 Å². The van der Waals surface area contributed by atoms with Crippen molar-refractivity contribution in [3.63, 3.8) is 0 Å². The molecule has 5 nitrogen and oxygen atoms in total. The number of aromatic nitrogens is 2. The Morgan fingerprint density at radius 1 is 1.42 bits per heavy atom. The molecule has 1 aromatic carbocycles. The van der Waals surface area contributed by atoms with E-state index in [0.29, 0.717) is 23.9 Å². The zero-order valence-electron chi connectivity index (χ0n) is 10.8. The number of hydrogen-bond acceptors (Lipinski definition) is 5. The summed E-state index contributed by atoms with van der Waals surface area (Å²) in [6.45, 7) is 4.01. The van der Waals surface area contributed by atoms with Crippen LogP contribution in [0.1, 0.15) is 29.8 Å². The summed E-state index contributed by atoms with van der Waals surface area (Å²) in [5.41, 5.74) is 1.67. The largest absolute Gasteiger partial charge is 0.485 e. The molecule has 0 aliphatic heterocycles. The molecule has 0 saturated carbocycles. The second-order valence-electron chi connectivity index (χ2n) is 4.12. The SMILES string of the molecule is CCc1nc(COc2c(C)cc(Br)cc2CO)no1. The molecule has 0 radical (unpaired) electrons. The first-order valence-corrected chi connectivity index (χ1v) is 6.77. The minimum absolute atomic E-state index is 0.0813. The van der Waals surface area contributed by atoms with Crippen LogP contribution in [0, 0.1) is 6.92 Å². The number of rotatable bonds is 5. The highest BCUT2D eigenvalue weighted by molar-refractivity contribution is 9.10. The van der Waals surface area contributed by atoms with E-state index < -0.39 is 0 Å². The monoisotopic (exact) mass is 326 g/mol. The van der Waals surface area contributed by atoms with Crippen molar-refractivity contribution in [2.45, 2.75) is 33.5 Å². The van der Waals surface area contributed by atoms with E-state index in [1.807, 2.05) is 26.0 Å². The van der Waals surface area contributed by atoms with Gasteiger partial charge in [0.05, 0.1) is 6.61 Å². The number of ether oxygens (including phenoxy) is 1. The molecule has 1 heterocycles. The average Bonchev–Trinajstić information content (AvgIpc) is 2.84. The summed E-state index contributed by atoms with van der Waals surface area (Å²) in [4.78, 5) is 4.17. The third-order valence-corrected chi connectivity index (χ3v) is 3.10. The molecule has 0 saturated heterocycles. The Labute approximate surface area is 119 Å². The van der Waals surface area contributed by atoms with E-state index in [-0.39, 0.29) is 13.2 Å². The molecule has 1 aromatic heterocycles. The van der Waals surface area contributed by atoms with Crippen LogP contribution in [0.3, 0.4) is 0 Å². The summed E-state index contributed by atoms with van der Waals surface area (Å²) < 4.78 is 11.6. The van der Waals surface area contributed by atoms with E-state index >= 15 is 0 Å². The second-order valence-corrected chi connectivity index (χ2v) is 5.03. The Balaban J connectivity index is 2.14. The van der Waals surface area contributed by atoms with Gasteiger partial charge in [-0.1, -0.05) is 28.0 Å². The maximum atomic E-state index is 9.36. The van der Waals surface area contributed by atoms with Crippen LogP contribution in [0.15, 0.2) is 21.1 Å². The number of halogens is 1. The van der Waals surface area contributed by atoms with E-state index in [0.717, 1.165) is 15.6 Å². The van der Waals surface area contributed by atoms with Crippen molar-refractivity contribution >= 4 is 15.9 Å². The van der Waals surface area contributed by atoms with E-state index in [1.54, 1.807) is 0 Å². The van der Waals surface area contributed by atoms with Crippen LogP contribution < -0.4 is 4.74 Å². The number of benzene rings is 1. The van der Waals surface area contributed by atoms with Crippen LogP contribution in [-0.4, -0.2) is 15.2 Å². The smallest absolute Gasteiger partial charge is 0.226 e. The lowest BCUT2D eigenvalue weighted by Crippen LogP contribution is -2.02. The fraction of sp³-hybridized carbons (Fsp3) is 0.385. The molecule has 0 amide bonds. The summed E-state index contributed by atoms with van der Waals surface area (Å²) in [6.07, 6.45) is 0.701. The predicted octanol–water partition coefficient (Wildman–Crippen LogP) is 2.77. The van der Waals surface area contributed by atoms with Gasteiger partial charge in [-0.05, 0) is 24.6 Å². The number of aliphatic hydroxyl groups is 1. The Kier molecular flexibility index (Phi) is 4.55. The number of aryl methyl sites for hydroxylation is 2. The predicted molar refractivity (Wildman–Crippen MR) is 72.8 cm³/mol. The van der Waals surface area contributed by atoms with Gasteiger partial charge in [-0.2, -0.15) is 4.98 Å². The number of aliphatic hydroxyl groups excluding tert-OH is 1. The number of nitrogens with zero attached hydrogens (tertiary/aromatic N) is 2. The van der Waals surface area contributed by atoms with Crippen LogP contribution in [0.5, 0.6) is 5.75 Å². The topological polar surface area (TPSA) is 68.4 Å². The molecule has 0 fully saturated rings. The Bertz CT molecular complexity index is 569. The van der Waals surface area contributed by atoms with Crippen molar-refractivity contribution in [1.82, 2.24) is 10.1 Å². The van der Waals surface area contributed by atoms with Gasteiger partial charge in [0.2, 0.25) is 11.7 Å². The fourth-order valence-electron chi connectivity index (χ4n) is 1.75. The molecule has 0 bridgehead atoms. The van der Waals surface area contributed by atoms with Crippen molar-refractivity contribution in [2.24, 2.45) is 0 Å². The Morgan fingerprint density at radius 3 is 2.84 bits per heavy atom. The average molecular weight is 327 g/mol. The molecular formula is C13H15BrN2O3. The first-order valence-electron chi connectivity index (χ1n) is 5.98. The molecule has 1 N–H and O–H groups in total. The summed E-state index contributed by atoms with van der Waals surface area (Å²) >= 11 is 3.39. The van der Waals surface area contributed by atoms with Crippen molar-refractivity contribution < 1.29 is 14.4 Å². The molecular weight excluding hydrogens is 312 g/mol. The lowest BCUT2D eigenvalue weighted by Gasteiger charge is -2.12. The van der Waals surface area contributed by atoms with Crippen LogP contribution in [0.4, 0.5) is 0 Å². The quantitative estimate of drug-likeness (QED) is 0.914. The molecule has 0 aliphatic carbocycles. The van der Waals surface area contributed by atoms with Crippen molar-refractivity contribution in [2.75, 3.05) is 0 Å². The maximum Gasteiger partial charge on any atom is 0.226 e. The van der Waals surface area contributed by atoms with Gasteiger partial charge < -0.3 is 14.4 Å². The molecule has 2 rings (SSSR count). The zero-order chi connectivity index (χ0) is 13.8. The minimum atomic E-state index is -0.0813. The lowest BCUT2D eigenvalue weighted by atomic mass is 10.1. The third kappa shape index (κ3) is 3.33. The third-order valence-electron chi connectivity index (χ3n) is 2.64. The van der Waals surface area contributed by atoms with Gasteiger partial charge in [0.25, 0.3) is 0 Å².